The van der Waals surface area contributed by atoms with Crippen molar-refractivity contribution in [2.24, 2.45) is 0 Å². The molecule has 0 atom stereocenters. The number of rotatable bonds is 5. The molecule has 2 aromatic heterocycles. The first kappa shape index (κ1) is 16.1. The van der Waals surface area contributed by atoms with Gasteiger partial charge in [0.2, 0.25) is 0 Å². The van der Waals surface area contributed by atoms with Crippen LogP contribution in [0.1, 0.15) is 22.8 Å². The maximum atomic E-state index is 11.6. The summed E-state index contributed by atoms with van der Waals surface area (Å²) in [4.78, 5) is 20.4. The molecule has 0 aliphatic heterocycles. The SMILES string of the molecule is CCOC(=O)c1ccc(Nc2nc(-c3cnccc3C)cs2)cc1. The van der Waals surface area contributed by atoms with Crippen molar-refractivity contribution in [3.63, 3.8) is 0 Å². The smallest absolute Gasteiger partial charge is 0.338 e. The number of carbonyl (C=O) groups is 1. The van der Waals surface area contributed by atoms with Gasteiger partial charge in [-0.15, -0.1) is 11.3 Å². The molecule has 0 aliphatic carbocycles. The number of benzene rings is 1. The number of nitrogens with one attached hydrogen (secondary N) is 1. The molecule has 122 valence electrons. The van der Waals surface area contributed by atoms with Gasteiger partial charge >= 0.3 is 5.97 Å². The molecule has 0 bridgehead atoms. The molecule has 0 fully saturated rings. The van der Waals surface area contributed by atoms with Crippen molar-refractivity contribution in [1.82, 2.24) is 9.97 Å². The van der Waals surface area contributed by atoms with E-state index in [0.29, 0.717) is 12.2 Å². The van der Waals surface area contributed by atoms with Crippen molar-refractivity contribution in [2.75, 3.05) is 11.9 Å². The van der Waals surface area contributed by atoms with Crippen LogP contribution in [0.15, 0.2) is 48.1 Å². The number of carbonyl (C=O) groups excluding carboxylic acids is 1. The van der Waals surface area contributed by atoms with E-state index in [4.69, 9.17) is 4.74 Å². The highest BCUT2D eigenvalue weighted by molar-refractivity contribution is 7.14. The summed E-state index contributed by atoms with van der Waals surface area (Å²) >= 11 is 1.52. The number of anilines is 2. The second-order valence-electron chi connectivity index (χ2n) is 5.15. The van der Waals surface area contributed by atoms with E-state index >= 15 is 0 Å². The van der Waals surface area contributed by atoms with E-state index in [9.17, 15) is 4.79 Å². The van der Waals surface area contributed by atoms with Crippen LogP contribution in [0.5, 0.6) is 0 Å². The van der Waals surface area contributed by atoms with Crippen LogP contribution in [-0.4, -0.2) is 22.5 Å². The Kier molecular flexibility index (Phi) is 4.86. The summed E-state index contributed by atoms with van der Waals surface area (Å²) in [6.07, 6.45) is 3.60. The Morgan fingerprint density at radius 1 is 1.25 bits per heavy atom. The molecule has 0 saturated carbocycles. The van der Waals surface area contributed by atoms with Crippen molar-refractivity contribution in [1.29, 1.82) is 0 Å². The highest BCUT2D eigenvalue weighted by Crippen LogP contribution is 2.28. The number of thiazole rings is 1. The molecule has 24 heavy (non-hydrogen) atoms. The maximum Gasteiger partial charge on any atom is 0.338 e. The van der Waals surface area contributed by atoms with Gasteiger partial charge in [-0.05, 0) is 49.7 Å². The van der Waals surface area contributed by atoms with E-state index in [1.807, 2.05) is 36.7 Å². The van der Waals surface area contributed by atoms with Crippen LogP contribution < -0.4 is 5.32 Å². The fourth-order valence-electron chi connectivity index (χ4n) is 2.21. The van der Waals surface area contributed by atoms with Crippen LogP contribution in [0.3, 0.4) is 0 Å². The third-order valence-corrected chi connectivity index (χ3v) is 4.22. The van der Waals surface area contributed by atoms with Gasteiger partial charge in [0, 0.05) is 29.0 Å². The van der Waals surface area contributed by atoms with Crippen LogP contribution in [0.25, 0.3) is 11.3 Å². The fraction of sp³-hybridized carbons (Fsp3) is 0.167. The molecule has 5 nitrogen and oxygen atoms in total. The van der Waals surface area contributed by atoms with Crippen molar-refractivity contribution in [2.45, 2.75) is 13.8 Å². The van der Waals surface area contributed by atoms with Gasteiger partial charge < -0.3 is 10.1 Å². The Morgan fingerprint density at radius 2 is 2.04 bits per heavy atom. The van der Waals surface area contributed by atoms with Crippen LogP contribution in [0.2, 0.25) is 0 Å². The lowest BCUT2D eigenvalue weighted by atomic mass is 10.1. The van der Waals surface area contributed by atoms with Crippen LogP contribution in [0, 0.1) is 6.92 Å². The zero-order valence-corrected chi connectivity index (χ0v) is 14.3. The highest BCUT2D eigenvalue weighted by Gasteiger charge is 2.09. The molecular formula is C18H17N3O2S. The molecule has 1 aromatic carbocycles. The molecule has 6 heteroatoms. The molecule has 1 N–H and O–H groups in total. The Labute approximate surface area is 144 Å². The second kappa shape index (κ2) is 7.23. The van der Waals surface area contributed by atoms with Crippen molar-refractivity contribution >= 4 is 28.1 Å². The minimum atomic E-state index is -0.312. The van der Waals surface area contributed by atoms with E-state index in [2.05, 4.69) is 15.3 Å². The fourth-order valence-corrected chi connectivity index (χ4v) is 2.95. The molecule has 2 heterocycles. The van der Waals surface area contributed by atoms with Gasteiger partial charge in [0.05, 0.1) is 17.9 Å². The highest BCUT2D eigenvalue weighted by atomic mass is 32.1. The Bertz CT molecular complexity index is 843. The maximum absolute atomic E-state index is 11.6. The molecule has 3 aromatic rings. The number of hydrogen-bond donors (Lipinski definition) is 1. The predicted molar refractivity (Wildman–Crippen MR) is 95.8 cm³/mol. The van der Waals surface area contributed by atoms with E-state index in [1.54, 1.807) is 25.3 Å². The van der Waals surface area contributed by atoms with E-state index in [1.165, 1.54) is 11.3 Å². The largest absolute Gasteiger partial charge is 0.462 e. The van der Waals surface area contributed by atoms with Gasteiger partial charge in [-0.3, -0.25) is 4.98 Å². The van der Waals surface area contributed by atoms with Gasteiger partial charge in [-0.25, -0.2) is 9.78 Å². The molecular weight excluding hydrogens is 322 g/mol. The second-order valence-corrected chi connectivity index (χ2v) is 6.01. The number of aromatic nitrogens is 2. The zero-order valence-electron chi connectivity index (χ0n) is 13.4. The summed E-state index contributed by atoms with van der Waals surface area (Å²) in [6, 6.07) is 9.11. The Morgan fingerprint density at radius 3 is 2.75 bits per heavy atom. The lowest BCUT2D eigenvalue weighted by Crippen LogP contribution is -2.04. The Hall–Kier alpha value is -2.73. The lowest BCUT2D eigenvalue weighted by molar-refractivity contribution is 0.0526. The van der Waals surface area contributed by atoms with Crippen LogP contribution >= 0.6 is 11.3 Å². The summed E-state index contributed by atoms with van der Waals surface area (Å²) in [7, 11) is 0. The Balaban J connectivity index is 1.73. The first-order valence-electron chi connectivity index (χ1n) is 7.58. The number of hydrogen-bond acceptors (Lipinski definition) is 6. The quantitative estimate of drug-likeness (QED) is 0.697. The minimum absolute atomic E-state index is 0.312. The summed E-state index contributed by atoms with van der Waals surface area (Å²) in [6.45, 7) is 4.20. The topological polar surface area (TPSA) is 64.1 Å². The average Bonchev–Trinajstić information content (AvgIpc) is 3.04. The first-order chi connectivity index (χ1) is 11.7. The van der Waals surface area contributed by atoms with Gasteiger partial charge in [-0.2, -0.15) is 0 Å². The summed E-state index contributed by atoms with van der Waals surface area (Å²) in [5, 5.41) is 6.03. The molecule has 0 aliphatic rings. The standard InChI is InChI=1S/C18H17N3O2S/c1-3-23-17(22)13-4-6-14(7-5-13)20-18-21-16(11-24-18)15-10-19-9-8-12(15)2/h4-11H,3H2,1-2H3,(H,20,21). The molecule has 0 amide bonds. The van der Waals surface area contributed by atoms with E-state index < -0.39 is 0 Å². The van der Waals surface area contributed by atoms with Crippen molar-refractivity contribution in [3.05, 3.63) is 59.2 Å². The third kappa shape index (κ3) is 3.60. The lowest BCUT2D eigenvalue weighted by Gasteiger charge is -2.05. The van der Waals surface area contributed by atoms with Gasteiger partial charge in [-0.1, -0.05) is 0 Å². The normalized spacial score (nSPS) is 10.4. The molecule has 0 spiro atoms. The number of ether oxygens (including phenoxy) is 1. The van der Waals surface area contributed by atoms with E-state index in [0.717, 1.165) is 27.6 Å². The molecule has 3 rings (SSSR count). The van der Waals surface area contributed by atoms with Crippen LogP contribution in [-0.2, 0) is 4.74 Å². The summed E-state index contributed by atoms with van der Waals surface area (Å²) in [5.74, 6) is -0.312. The number of aryl methyl sites for hydroxylation is 1. The molecule has 0 unspecified atom stereocenters. The zero-order chi connectivity index (χ0) is 16.9. The monoisotopic (exact) mass is 339 g/mol. The van der Waals surface area contributed by atoms with Crippen molar-refractivity contribution < 1.29 is 9.53 Å². The summed E-state index contributed by atoms with van der Waals surface area (Å²) < 4.78 is 4.97. The number of pyridine rings is 1. The number of nitrogens with zero attached hydrogens (tertiary/aromatic N) is 2. The minimum Gasteiger partial charge on any atom is -0.462 e. The average molecular weight is 339 g/mol. The van der Waals surface area contributed by atoms with Crippen molar-refractivity contribution in [3.8, 4) is 11.3 Å². The van der Waals surface area contributed by atoms with Gasteiger partial charge in [0.25, 0.3) is 0 Å². The summed E-state index contributed by atoms with van der Waals surface area (Å²) in [5.41, 5.74) is 4.47. The van der Waals surface area contributed by atoms with Crippen LogP contribution in [0.4, 0.5) is 10.8 Å². The number of esters is 1. The first-order valence-corrected chi connectivity index (χ1v) is 8.46. The molecule has 0 saturated heterocycles. The predicted octanol–water partition coefficient (Wildman–Crippen LogP) is 4.43. The third-order valence-electron chi connectivity index (χ3n) is 3.47. The van der Waals surface area contributed by atoms with Gasteiger partial charge in [0.1, 0.15) is 0 Å². The van der Waals surface area contributed by atoms with Gasteiger partial charge in [0.15, 0.2) is 5.13 Å². The van der Waals surface area contributed by atoms with E-state index in [-0.39, 0.29) is 5.97 Å². The molecule has 0 radical (unpaired) electrons.